The zero-order valence-corrected chi connectivity index (χ0v) is 14.1. The molecule has 0 amide bonds. The third kappa shape index (κ3) is 3.20. The van der Waals surface area contributed by atoms with E-state index in [-0.39, 0.29) is 29.1 Å². The van der Waals surface area contributed by atoms with Crippen LogP contribution in [0.3, 0.4) is 0 Å². The number of aromatic hydroxyl groups is 1. The van der Waals surface area contributed by atoms with Gasteiger partial charge in [-0.1, -0.05) is 6.07 Å². The van der Waals surface area contributed by atoms with Crippen LogP contribution in [0.2, 0.25) is 0 Å². The lowest BCUT2D eigenvalue weighted by molar-refractivity contribution is -0.116. The third-order valence-electron chi connectivity index (χ3n) is 4.30. The molecule has 9 nitrogen and oxygen atoms in total. The summed E-state index contributed by atoms with van der Waals surface area (Å²) in [7, 11) is 0. The Bertz CT molecular complexity index is 968. The van der Waals surface area contributed by atoms with E-state index in [1.165, 1.54) is 30.7 Å². The number of halogens is 1. The molecule has 1 aromatic carbocycles. The monoisotopic (exact) mass is 373 g/mol. The molecule has 1 aliphatic rings. The van der Waals surface area contributed by atoms with Crippen LogP contribution in [-0.2, 0) is 4.79 Å². The number of phenolic OH excluding ortho intramolecular Hbond substituents is 1. The van der Waals surface area contributed by atoms with E-state index in [9.17, 15) is 19.4 Å². The van der Waals surface area contributed by atoms with E-state index < -0.39 is 11.9 Å². The molecule has 1 saturated heterocycles. The summed E-state index contributed by atoms with van der Waals surface area (Å²) in [5.41, 5.74) is 0.0862. The number of ether oxygens (including phenoxy) is 1. The van der Waals surface area contributed by atoms with Crippen LogP contribution in [-0.4, -0.2) is 73.0 Å². The summed E-state index contributed by atoms with van der Waals surface area (Å²) in [6.45, 7) is 1.28. The molecule has 10 heteroatoms. The van der Waals surface area contributed by atoms with E-state index in [1.54, 1.807) is 0 Å². The average molecular weight is 373 g/mol. The number of phenols is 1. The molecule has 140 valence electrons. The van der Waals surface area contributed by atoms with Crippen molar-refractivity contribution in [2.45, 2.75) is 12.2 Å². The molecule has 1 aliphatic heterocycles. The molecule has 0 bridgehead atoms. The Morgan fingerprint density at radius 1 is 1.37 bits per heavy atom. The Hall–Kier alpha value is -3.11. The number of carbonyl (C=O) groups is 1. The van der Waals surface area contributed by atoms with Gasteiger partial charge in [0.15, 0.2) is 23.9 Å². The number of carbonyl (C=O) groups excluding carboxylic acids is 1. The molecule has 2 aromatic heterocycles. The number of fused-ring (bicyclic) bond motifs is 1. The number of para-hydroxylation sites is 1. The minimum Gasteiger partial charge on any atom is -0.506 e. The first kappa shape index (κ1) is 17.3. The van der Waals surface area contributed by atoms with E-state index in [4.69, 9.17) is 4.74 Å². The topological polar surface area (TPSA) is 114 Å². The van der Waals surface area contributed by atoms with Crippen LogP contribution in [0.5, 0.6) is 11.6 Å². The number of aromatic nitrogens is 4. The standard InChI is InChI=1S/C17H16FN5O4/c18-13-2-1-3-14(26)15(13)23-16-12(4-21-23)17(20-9-19-16)27-11(8-24)7-22-5-10(25)6-22/h1-4,8-11,25-26H,5-7H2/t11-/m0/s1. The molecule has 2 N–H and O–H groups in total. The van der Waals surface area contributed by atoms with Crippen molar-refractivity contribution in [3.8, 4) is 17.3 Å². The molecule has 3 aromatic rings. The van der Waals surface area contributed by atoms with Crippen molar-refractivity contribution in [1.82, 2.24) is 24.6 Å². The van der Waals surface area contributed by atoms with Crippen LogP contribution in [0.1, 0.15) is 0 Å². The normalized spacial score (nSPS) is 16.2. The highest BCUT2D eigenvalue weighted by Crippen LogP contribution is 2.29. The fourth-order valence-corrected chi connectivity index (χ4v) is 2.99. The number of aldehydes is 1. The number of rotatable bonds is 6. The van der Waals surface area contributed by atoms with Crippen LogP contribution >= 0.6 is 0 Å². The van der Waals surface area contributed by atoms with Gasteiger partial charge in [-0.05, 0) is 12.1 Å². The van der Waals surface area contributed by atoms with Crippen LogP contribution in [0.15, 0.2) is 30.7 Å². The van der Waals surface area contributed by atoms with Crippen molar-refractivity contribution in [2.75, 3.05) is 19.6 Å². The van der Waals surface area contributed by atoms with Crippen LogP contribution in [0.4, 0.5) is 4.39 Å². The van der Waals surface area contributed by atoms with Crippen molar-refractivity contribution in [2.24, 2.45) is 0 Å². The second kappa shape index (κ2) is 6.89. The Morgan fingerprint density at radius 3 is 2.89 bits per heavy atom. The lowest BCUT2D eigenvalue weighted by Gasteiger charge is -2.36. The number of benzene rings is 1. The Balaban J connectivity index is 1.65. The van der Waals surface area contributed by atoms with Gasteiger partial charge in [-0.25, -0.2) is 19.0 Å². The maximum absolute atomic E-state index is 14.2. The lowest BCUT2D eigenvalue weighted by Crippen LogP contribution is -2.54. The van der Waals surface area contributed by atoms with Gasteiger partial charge >= 0.3 is 0 Å². The number of aliphatic hydroxyl groups excluding tert-OH is 1. The molecule has 27 heavy (non-hydrogen) atoms. The number of likely N-dealkylation sites (tertiary alicyclic amines) is 1. The molecular formula is C17H16FN5O4. The van der Waals surface area contributed by atoms with Gasteiger partial charge in [0.05, 0.1) is 12.3 Å². The highest BCUT2D eigenvalue weighted by molar-refractivity contribution is 5.82. The second-order valence-electron chi connectivity index (χ2n) is 6.24. The van der Waals surface area contributed by atoms with Crippen molar-refractivity contribution >= 4 is 17.3 Å². The zero-order chi connectivity index (χ0) is 19.0. The highest BCUT2D eigenvalue weighted by Gasteiger charge is 2.28. The predicted octanol–water partition coefficient (Wildman–Crippen LogP) is 0.283. The molecule has 1 atom stereocenters. The second-order valence-corrected chi connectivity index (χ2v) is 6.24. The molecule has 1 fully saturated rings. The van der Waals surface area contributed by atoms with Gasteiger partial charge in [0.2, 0.25) is 5.88 Å². The van der Waals surface area contributed by atoms with Gasteiger partial charge in [-0.2, -0.15) is 5.10 Å². The van der Waals surface area contributed by atoms with Crippen molar-refractivity contribution < 1.29 is 24.1 Å². The molecule has 4 rings (SSSR count). The van der Waals surface area contributed by atoms with E-state index in [2.05, 4.69) is 15.1 Å². The maximum atomic E-state index is 14.2. The molecule has 0 saturated carbocycles. The van der Waals surface area contributed by atoms with E-state index in [0.29, 0.717) is 31.3 Å². The Morgan fingerprint density at radius 2 is 2.19 bits per heavy atom. The molecule has 0 unspecified atom stereocenters. The lowest BCUT2D eigenvalue weighted by atomic mass is 10.1. The predicted molar refractivity (Wildman–Crippen MR) is 91.2 cm³/mol. The first-order valence-electron chi connectivity index (χ1n) is 8.25. The summed E-state index contributed by atoms with van der Waals surface area (Å²) in [5, 5.41) is 23.8. The fourth-order valence-electron chi connectivity index (χ4n) is 2.99. The molecular weight excluding hydrogens is 357 g/mol. The SMILES string of the molecule is O=C[C@H](CN1CC(O)C1)Oc1ncnc2c1cnn2-c1c(O)cccc1F. The van der Waals surface area contributed by atoms with Crippen LogP contribution < -0.4 is 4.74 Å². The molecule has 3 heterocycles. The number of β-amino-alcohol motifs (C(OH)–C–C–N with tert-alkyl or cyclic N) is 1. The van der Waals surface area contributed by atoms with Gasteiger partial charge in [-0.3, -0.25) is 9.69 Å². The van der Waals surface area contributed by atoms with E-state index >= 15 is 0 Å². The van der Waals surface area contributed by atoms with E-state index in [1.807, 2.05) is 4.90 Å². The van der Waals surface area contributed by atoms with Gasteiger partial charge in [0.25, 0.3) is 0 Å². The summed E-state index contributed by atoms with van der Waals surface area (Å²) in [4.78, 5) is 21.4. The Labute approximate surface area is 152 Å². The number of nitrogens with zero attached hydrogens (tertiary/aromatic N) is 5. The molecule has 0 aliphatic carbocycles. The summed E-state index contributed by atoms with van der Waals surface area (Å²) in [6, 6.07) is 3.92. The largest absolute Gasteiger partial charge is 0.506 e. The average Bonchev–Trinajstić information content (AvgIpc) is 3.04. The smallest absolute Gasteiger partial charge is 0.228 e. The van der Waals surface area contributed by atoms with Crippen molar-refractivity contribution in [1.29, 1.82) is 0 Å². The van der Waals surface area contributed by atoms with Crippen LogP contribution in [0, 0.1) is 5.82 Å². The summed E-state index contributed by atoms with van der Waals surface area (Å²) >= 11 is 0. The zero-order valence-electron chi connectivity index (χ0n) is 14.1. The van der Waals surface area contributed by atoms with Crippen molar-refractivity contribution in [3.63, 3.8) is 0 Å². The number of hydrogen-bond acceptors (Lipinski definition) is 8. The number of aliphatic hydroxyl groups is 1. The minimum atomic E-state index is -0.791. The molecule has 0 radical (unpaired) electrons. The van der Waals surface area contributed by atoms with Crippen LogP contribution in [0.25, 0.3) is 16.7 Å². The minimum absolute atomic E-state index is 0.125. The van der Waals surface area contributed by atoms with Gasteiger partial charge < -0.3 is 14.9 Å². The summed E-state index contributed by atoms with van der Waals surface area (Å²) in [6.07, 6.45) is 2.08. The first-order valence-corrected chi connectivity index (χ1v) is 8.25. The van der Waals surface area contributed by atoms with Gasteiger partial charge in [0.1, 0.15) is 23.2 Å². The fraction of sp³-hybridized carbons (Fsp3) is 0.294. The molecule has 0 spiro atoms. The highest BCUT2D eigenvalue weighted by atomic mass is 19.1. The Kier molecular flexibility index (Phi) is 4.42. The quantitative estimate of drug-likeness (QED) is 0.593. The van der Waals surface area contributed by atoms with Gasteiger partial charge in [-0.15, -0.1) is 0 Å². The third-order valence-corrected chi connectivity index (χ3v) is 4.30. The van der Waals surface area contributed by atoms with Crippen molar-refractivity contribution in [3.05, 3.63) is 36.5 Å². The van der Waals surface area contributed by atoms with Gasteiger partial charge in [0, 0.05) is 19.6 Å². The number of hydrogen-bond donors (Lipinski definition) is 2. The summed E-state index contributed by atoms with van der Waals surface area (Å²) < 4.78 is 21.0. The maximum Gasteiger partial charge on any atom is 0.228 e. The first-order chi connectivity index (χ1) is 13.1. The summed E-state index contributed by atoms with van der Waals surface area (Å²) in [5.74, 6) is -0.827. The van der Waals surface area contributed by atoms with E-state index in [0.717, 1.165) is 4.68 Å².